The highest BCUT2D eigenvalue weighted by Gasteiger charge is 1.96. The van der Waals surface area contributed by atoms with Gasteiger partial charge in [0.25, 0.3) is 0 Å². The smallest absolute Gasteiger partial charge is 0.0576 e. The zero-order chi connectivity index (χ0) is 13.0. The van der Waals surface area contributed by atoms with Gasteiger partial charge in [0, 0.05) is 5.02 Å². The van der Waals surface area contributed by atoms with Crippen LogP contribution in [0.1, 0.15) is 16.7 Å². The number of nitrogens with zero attached hydrogens (tertiary/aromatic N) is 1. The van der Waals surface area contributed by atoms with Gasteiger partial charge in [0.1, 0.15) is 0 Å². The van der Waals surface area contributed by atoms with Crippen molar-refractivity contribution in [3.8, 4) is 0 Å². The number of nitrogens with one attached hydrogen (secondary N) is 1. The molecule has 92 valence electrons. The minimum absolute atomic E-state index is 0.742. The molecule has 2 aromatic rings. The lowest BCUT2D eigenvalue weighted by molar-refractivity contribution is 1.33. The maximum absolute atomic E-state index is 6.04. The van der Waals surface area contributed by atoms with Crippen LogP contribution >= 0.6 is 11.6 Å². The molecule has 1 N–H and O–H groups in total. The van der Waals surface area contributed by atoms with Crippen LogP contribution in [0.5, 0.6) is 0 Å². The molecular weight excluding hydrogens is 244 g/mol. The third kappa shape index (κ3) is 3.11. The van der Waals surface area contributed by atoms with E-state index in [0.29, 0.717) is 0 Å². The second kappa shape index (κ2) is 5.69. The molecule has 0 fully saturated rings. The van der Waals surface area contributed by atoms with E-state index in [0.717, 1.165) is 21.8 Å². The van der Waals surface area contributed by atoms with Crippen LogP contribution in [0.2, 0.25) is 5.02 Å². The van der Waals surface area contributed by atoms with Gasteiger partial charge in [-0.1, -0.05) is 41.9 Å². The molecule has 0 aliphatic heterocycles. The van der Waals surface area contributed by atoms with Gasteiger partial charge < -0.3 is 0 Å². The Kier molecular flexibility index (Phi) is 4.00. The van der Waals surface area contributed by atoms with Crippen LogP contribution in [-0.2, 0) is 0 Å². The van der Waals surface area contributed by atoms with Crippen molar-refractivity contribution in [1.29, 1.82) is 0 Å². The standard InChI is InChI=1S/C15H15ClN2/c1-11-5-3-4-6-13(11)10-17-18-14-8-7-12(2)15(16)9-14/h3-10,18H,1-2H3/b17-10-. The average Bonchev–Trinajstić information content (AvgIpc) is 2.36. The summed E-state index contributed by atoms with van der Waals surface area (Å²) in [5.74, 6) is 0. The van der Waals surface area contributed by atoms with Crippen LogP contribution in [0.25, 0.3) is 0 Å². The number of benzene rings is 2. The van der Waals surface area contributed by atoms with Crippen LogP contribution < -0.4 is 5.43 Å². The molecule has 0 saturated heterocycles. The molecule has 0 atom stereocenters. The van der Waals surface area contributed by atoms with Crippen molar-refractivity contribution >= 4 is 23.5 Å². The monoisotopic (exact) mass is 258 g/mol. The van der Waals surface area contributed by atoms with Gasteiger partial charge in [-0.25, -0.2) is 0 Å². The number of hydrogen-bond donors (Lipinski definition) is 1. The van der Waals surface area contributed by atoms with Crippen LogP contribution in [-0.4, -0.2) is 6.21 Å². The van der Waals surface area contributed by atoms with Gasteiger partial charge in [-0.3, -0.25) is 5.43 Å². The van der Waals surface area contributed by atoms with Gasteiger partial charge in [0.05, 0.1) is 11.9 Å². The summed E-state index contributed by atoms with van der Waals surface area (Å²) in [6.45, 7) is 4.03. The first-order valence-corrected chi connectivity index (χ1v) is 6.15. The van der Waals surface area contributed by atoms with E-state index in [2.05, 4.69) is 23.5 Å². The summed E-state index contributed by atoms with van der Waals surface area (Å²) in [6, 6.07) is 13.9. The van der Waals surface area contributed by atoms with Crippen molar-refractivity contribution in [2.45, 2.75) is 13.8 Å². The van der Waals surface area contributed by atoms with E-state index in [9.17, 15) is 0 Å². The van der Waals surface area contributed by atoms with Crippen molar-refractivity contribution in [3.63, 3.8) is 0 Å². The van der Waals surface area contributed by atoms with E-state index in [1.807, 2.05) is 49.5 Å². The quantitative estimate of drug-likeness (QED) is 0.640. The van der Waals surface area contributed by atoms with E-state index >= 15 is 0 Å². The minimum atomic E-state index is 0.742. The summed E-state index contributed by atoms with van der Waals surface area (Å²) in [7, 11) is 0. The fourth-order valence-electron chi connectivity index (χ4n) is 1.57. The van der Waals surface area contributed by atoms with Crippen LogP contribution in [0.3, 0.4) is 0 Å². The van der Waals surface area contributed by atoms with Crippen LogP contribution in [0.4, 0.5) is 5.69 Å². The highest BCUT2D eigenvalue weighted by Crippen LogP contribution is 2.19. The van der Waals surface area contributed by atoms with Gasteiger partial charge in [-0.2, -0.15) is 5.10 Å². The zero-order valence-corrected chi connectivity index (χ0v) is 11.2. The molecule has 0 aromatic heterocycles. The fraction of sp³-hybridized carbons (Fsp3) is 0.133. The first-order chi connectivity index (χ1) is 8.66. The Morgan fingerprint density at radius 3 is 2.56 bits per heavy atom. The lowest BCUT2D eigenvalue weighted by Gasteiger charge is -2.03. The second-order valence-corrected chi connectivity index (χ2v) is 4.60. The molecule has 18 heavy (non-hydrogen) atoms. The summed E-state index contributed by atoms with van der Waals surface area (Å²) in [6.07, 6.45) is 1.81. The maximum atomic E-state index is 6.04. The van der Waals surface area contributed by atoms with Gasteiger partial charge >= 0.3 is 0 Å². The normalized spacial score (nSPS) is 10.8. The first-order valence-electron chi connectivity index (χ1n) is 5.77. The fourth-order valence-corrected chi connectivity index (χ4v) is 1.75. The Morgan fingerprint density at radius 2 is 1.83 bits per heavy atom. The van der Waals surface area contributed by atoms with Gasteiger partial charge in [-0.15, -0.1) is 0 Å². The molecule has 0 heterocycles. The van der Waals surface area contributed by atoms with E-state index in [1.165, 1.54) is 5.56 Å². The minimum Gasteiger partial charge on any atom is -0.278 e. The van der Waals surface area contributed by atoms with Crippen molar-refractivity contribution in [2.24, 2.45) is 5.10 Å². The summed E-state index contributed by atoms with van der Waals surface area (Å²) in [5.41, 5.74) is 7.22. The van der Waals surface area contributed by atoms with E-state index in [1.54, 1.807) is 0 Å². The number of anilines is 1. The number of rotatable bonds is 3. The molecular formula is C15H15ClN2. The highest BCUT2D eigenvalue weighted by molar-refractivity contribution is 6.31. The van der Waals surface area contributed by atoms with E-state index in [4.69, 9.17) is 11.6 Å². The summed E-state index contributed by atoms with van der Waals surface area (Å²) in [4.78, 5) is 0. The van der Waals surface area contributed by atoms with Crippen molar-refractivity contribution < 1.29 is 0 Å². The molecule has 0 radical (unpaired) electrons. The number of hydrogen-bond acceptors (Lipinski definition) is 2. The molecule has 0 aliphatic carbocycles. The largest absolute Gasteiger partial charge is 0.278 e. The number of halogens is 1. The molecule has 0 bridgehead atoms. The van der Waals surface area contributed by atoms with Crippen molar-refractivity contribution in [1.82, 2.24) is 0 Å². The van der Waals surface area contributed by atoms with Crippen molar-refractivity contribution in [3.05, 3.63) is 64.2 Å². The van der Waals surface area contributed by atoms with E-state index < -0.39 is 0 Å². The number of aryl methyl sites for hydroxylation is 2. The van der Waals surface area contributed by atoms with Crippen molar-refractivity contribution in [2.75, 3.05) is 5.43 Å². The molecule has 3 heteroatoms. The van der Waals surface area contributed by atoms with Gasteiger partial charge in [0.2, 0.25) is 0 Å². The third-order valence-electron chi connectivity index (χ3n) is 2.76. The Balaban J connectivity index is 2.07. The number of hydrazone groups is 1. The van der Waals surface area contributed by atoms with Gasteiger partial charge in [-0.05, 0) is 42.7 Å². The average molecular weight is 259 g/mol. The summed E-state index contributed by atoms with van der Waals surface area (Å²) >= 11 is 6.04. The second-order valence-electron chi connectivity index (χ2n) is 4.19. The topological polar surface area (TPSA) is 24.4 Å². The SMILES string of the molecule is Cc1ccc(N/N=C\c2ccccc2C)cc1Cl. The molecule has 2 rings (SSSR count). The molecule has 0 saturated carbocycles. The summed E-state index contributed by atoms with van der Waals surface area (Å²) in [5, 5.41) is 4.95. The molecule has 0 unspecified atom stereocenters. The predicted molar refractivity (Wildman–Crippen MR) is 78.6 cm³/mol. The molecule has 0 amide bonds. The highest BCUT2D eigenvalue weighted by atomic mass is 35.5. The molecule has 2 aromatic carbocycles. The zero-order valence-electron chi connectivity index (χ0n) is 10.4. The Labute approximate surface area is 112 Å². The summed E-state index contributed by atoms with van der Waals surface area (Å²) < 4.78 is 0. The Morgan fingerprint density at radius 1 is 1.06 bits per heavy atom. The molecule has 2 nitrogen and oxygen atoms in total. The maximum Gasteiger partial charge on any atom is 0.0576 e. The van der Waals surface area contributed by atoms with Crippen LogP contribution in [0, 0.1) is 13.8 Å². The van der Waals surface area contributed by atoms with Crippen LogP contribution in [0.15, 0.2) is 47.6 Å². The Hall–Kier alpha value is -1.80. The lowest BCUT2D eigenvalue weighted by atomic mass is 10.1. The molecule has 0 aliphatic rings. The molecule has 0 spiro atoms. The Bertz CT molecular complexity index is 576. The lowest BCUT2D eigenvalue weighted by Crippen LogP contribution is -1.92. The first kappa shape index (κ1) is 12.7. The van der Waals surface area contributed by atoms with Gasteiger partial charge in [0.15, 0.2) is 0 Å². The van der Waals surface area contributed by atoms with E-state index in [-0.39, 0.29) is 0 Å². The predicted octanol–water partition coefficient (Wildman–Crippen LogP) is 4.40. The third-order valence-corrected chi connectivity index (χ3v) is 3.16.